The molecule has 0 bridgehead atoms. The molecule has 0 saturated carbocycles. The summed E-state index contributed by atoms with van der Waals surface area (Å²) >= 11 is 0. The molecule has 3 aromatic rings. The van der Waals surface area contributed by atoms with E-state index in [1.807, 2.05) is 55.6 Å². The van der Waals surface area contributed by atoms with Gasteiger partial charge >= 0.3 is 0 Å². The lowest BCUT2D eigenvalue weighted by molar-refractivity contribution is 0.0951. The van der Waals surface area contributed by atoms with Crippen LogP contribution >= 0.6 is 0 Å². The molecule has 1 aliphatic heterocycles. The van der Waals surface area contributed by atoms with E-state index >= 15 is 0 Å². The lowest BCUT2D eigenvalue weighted by Crippen LogP contribution is -2.22. The number of imidazole rings is 1. The normalized spacial score (nSPS) is 12.2. The van der Waals surface area contributed by atoms with Crippen LogP contribution in [0.15, 0.2) is 54.9 Å². The number of rotatable bonds is 5. The second-order valence-corrected chi connectivity index (χ2v) is 6.17. The predicted octanol–water partition coefficient (Wildman–Crippen LogP) is 2.90. The molecule has 132 valence electrons. The molecule has 0 aliphatic carbocycles. The van der Waals surface area contributed by atoms with E-state index in [9.17, 15) is 4.79 Å². The largest absolute Gasteiger partial charge is 0.454 e. The molecule has 0 atom stereocenters. The number of hydrogen-bond donors (Lipinski definition) is 1. The van der Waals surface area contributed by atoms with Gasteiger partial charge in [0.05, 0.1) is 0 Å². The molecule has 1 aromatic heterocycles. The van der Waals surface area contributed by atoms with Crippen LogP contribution in [0.25, 0.3) is 0 Å². The number of nitrogens with zero attached hydrogens (tertiary/aromatic N) is 2. The molecular weight excluding hydrogens is 330 g/mol. The van der Waals surface area contributed by atoms with Crippen LogP contribution in [0.3, 0.4) is 0 Å². The molecule has 0 spiro atoms. The van der Waals surface area contributed by atoms with Crippen molar-refractivity contribution in [3.63, 3.8) is 0 Å². The summed E-state index contributed by atoms with van der Waals surface area (Å²) in [4.78, 5) is 16.6. The highest BCUT2D eigenvalue weighted by molar-refractivity contribution is 5.94. The van der Waals surface area contributed by atoms with Gasteiger partial charge in [0.2, 0.25) is 6.79 Å². The number of carbonyl (C=O) groups excluding carboxylic acids is 1. The van der Waals surface area contributed by atoms with Gasteiger partial charge in [-0.1, -0.05) is 18.2 Å². The molecule has 26 heavy (non-hydrogen) atoms. The van der Waals surface area contributed by atoms with E-state index in [0.29, 0.717) is 12.1 Å². The monoisotopic (exact) mass is 349 g/mol. The molecular formula is C20H19N3O3. The lowest BCUT2D eigenvalue weighted by atomic mass is 10.1. The summed E-state index contributed by atoms with van der Waals surface area (Å²) in [6.45, 7) is 3.39. The number of benzene rings is 2. The summed E-state index contributed by atoms with van der Waals surface area (Å²) in [5.74, 6) is 2.32. The Kier molecular flexibility index (Phi) is 4.31. The molecule has 2 heterocycles. The van der Waals surface area contributed by atoms with Crippen LogP contribution in [-0.4, -0.2) is 22.3 Å². The average molecular weight is 349 g/mol. The second-order valence-electron chi connectivity index (χ2n) is 6.17. The summed E-state index contributed by atoms with van der Waals surface area (Å²) in [5, 5.41) is 2.93. The van der Waals surface area contributed by atoms with Crippen molar-refractivity contribution in [1.29, 1.82) is 0 Å². The Morgan fingerprint density at radius 3 is 2.65 bits per heavy atom. The van der Waals surface area contributed by atoms with Gasteiger partial charge in [0, 0.05) is 31.0 Å². The van der Waals surface area contributed by atoms with Gasteiger partial charge < -0.3 is 19.4 Å². The SMILES string of the molecule is Cc1nccn1Cc1ccc(C(=O)NCc2ccc3c(c2)OCO3)cc1. The molecule has 0 fully saturated rings. The number of hydrogen-bond acceptors (Lipinski definition) is 4. The number of nitrogens with one attached hydrogen (secondary N) is 1. The fourth-order valence-electron chi connectivity index (χ4n) is 2.86. The first kappa shape index (κ1) is 16.2. The minimum absolute atomic E-state index is 0.104. The van der Waals surface area contributed by atoms with E-state index in [2.05, 4.69) is 14.9 Å². The zero-order valence-corrected chi connectivity index (χ0v) is 14.4. The second kappa shape index (κ2) is 6.92. The minimum Gasteiger partial charge on any atom is -0.454 e. The van der Waals surface area contributed by atoms with Crippen LogP contribution in [-0.2, 0) is 13.1 Å². The molecule has 1 N–H and O–H groups in total. The Morgan fingerprint density at radius 2 is 1.88 bits per heavy atom. The standard InChI is InChI=1S/C20H19N3O3/c1-14-21-8-9-23(14)12-15-2-5-17(6-3-15)20(24)22-11-16-4-7-18-19(10-16)26-13-25-18/h2-10H,11-13H2,1H3,(H,22,24). The van der Waals surface area contributed by atoms with Gasteiger partial charge in [-0.3, -0.25) is 4.79 Å². The van der Waals surface area contributed by atoms with E-state index in [-0.39, 0.29) is 12.7 Å². The van der Waals surface area contributed by atoms with Crippen molar-refractivity contribution in [3.8, 4) is 11.5 Å². The Hall–Kier alpha value is -3.28. The third kappa shape index (κ3) is 3.39. The Labute approximate surface area is 151 Å². The highest BCUT2D eigenvalue weighted by Crippen LogP contribution is 2.32. The minimum atomic E-state index is -0.104. The molecule has 2 aromatic carbocycles. The fourth-order valence-corrected chi connectivity index (χ4v) is 2.86. The molecule has 0 unspecified atom stereocenters. The maximum atomic E-state index is 12.4. The Bertz CT molecular complexity index is 932. The van der Waals surface area contributed by atoms with Gasteiger partial charge in [0.25, 0.3) is 5.91 Å². The number of fused-ring (bicyclic) bond motifs is 1. The third-order valence-corrected chi connectivity index (χ3v) is 4.38. The van der Waals surface area contributed by atoms with Gasteiger partial charge in [0.1, 0.15) is 5.82 Å². The van der Waals surface area contributed by atoms with E-state index in [0.717, 1.165) is 35.0 Å². The predicted molar refractivity (Wildman–Crippen MR) is 96.2 cm³/mol. The summed E-state index contributed by atoms with van der Waals surface area (Å²) < 4.78 is 12.7. The molecule has 1 amide bonds. The molecule has 6 nitrogen and oxygen atoms in total. The summed E-state index contributed by atoms with van der Waals surface area (Å²) in [5.41, 5.74) is 2.73. The Balaban J connectivity index is 1.36. The maximum absolute atomic E-state index is 12.4. The lowest BCUT2D eigenvalue weighted by Gasteiger charge is -2.08. The van der Waals surface area contributed by atoms with Crippen molar-refractivity contribution in [2.24, 2.45) is 0 Å². The van der Waals surface area contributed by atoms with Crippen molar-refractivity contribution in [2.75, 3.05) is 6.79 Å². The van der Waals surface area contributed by atoms with E-state index in [1.54, 1.807) is 6.20 Å². The van der Waals surface area contributed by atoms with E-state index in [1.165, 1.54) is 0 Å². The quantitative estimate of drug-likeness (QED) is 0.769. The first-order valence-electron chi connectivity index (χ1n) is 8.42. The smallest absolute Gasteiger partial charge is 0.251 e. The summed E-state index contributed by atoms with van der Waals surface area (Å²) in [6, 6.07) is 13.3. The van der Waals surface area contributed by atoms with E-state index < -0.39 is 0 Å². The Morgan fingerprint density at radius 1 is 1.12 bits per heavy atom. The zero-order chi connectivity index (χ0) is 17.9. The van der Waals surface area contributed by atoms with Crippen LogP contribution in [0.5, 0.6) is 11.5 Å². The van der Waals surface area contributed by atoms with Crippen molar-refractivity contribution in [3.05, 3.63) is 77.4 Å². The first-order valence-corrected chi connectivity index (χ1v) is 8.42. The van der Waals surface area contributed by atoms with Crippen molar-refractivity contribution >= 4 is 5.91 Å². The van der Waals surface area contributed by atoms with Crippen LogP contribution in [0.4, 0.5) is 0 Å². The van der Waals surface area contributed by atoms with Gasteiger partial charge in [0.15, 0.2) is 11.5 Å². The topological polar surface area (TPSA) is 65.4 Å². The van der Waals surface area contributed by atoms with Gasteiger partial charge in [-0.05, 0) is 42.3 Å². The number of carbonyl (C=O) groups is 1. The summed E-state index contributed by atoms with van der Waals surface area (Å²) in [7, 11) is 0. The molecule has 1 aliphatic rings. The van der Waals surface area contributed by atoms with Crippen molar-refractivity contribution in [2.45, 2.75) is 20.0 Å². The molecule has 4 rings (SSSR count). The number of aryl methyl sites for hydroxylation is 1. The highest BCUT2D eigenvalue weighted by atomic mass is 16.7. The van der Waals surface area contributed by atoms with Crippen LogP contribution in [0.2, 0.25) is 0 Å². The average Bonchev–Trinajstić information content (AvgIpc) is 3.29. The first-order chi connectivity index (χ1) is 12.7. The van der Waals surface area contributed by atoms with Crippen LogP contribution < -0.4 is 14.8 Å². The molecule has 6 heteroatoms. The van der Waals surface area contributed by atoms with Crippen molar-refractivity contribution in [1.82, 2.24) is 14.9 Å². The third-order valence-electron chi connectivity index (χ3n) is 4.38. The number of amides is 1. The van der Waals surface area contributed by atoms with Gasteiger partial charge in [-0.25, -0.2) is 4.98 Å². The zero-order valence-electron chi connectivity index (χ0n) is 14.4. The summed E-state index contributed by atoms with van der Waals surface area (Å²) in [6.07, 6.45) is 3.73. The molecule has 0 radical (unpaired) electrons. The van der Waals surface area contributed by atoms with Crippen LogP contribution in [0, 0.1) is 6.92 Å². The molecule has 0 saturated heterocycles. The van der Waals surface area contributed by atoms with Crippen LogP contribution in [0.1, 0.15) is 27.3 Å². The van der Waals surface area contributed by atoms with Gasteiger partial charge in [-0.2, -0.15) is 0 Å². The van der Waals surface area contributed by atoms with Gasteiger partial charge in [-0.15, -0.1) is 0 Å². The number of aromatic nitrogens is 2. The number of ether oxygens (including phenoxy) is 2. The maximum Gasteiger partial charge on any atom is 0.251 e. The van der Waals surface area contributed by atoms with Crippen molar-refractivity contribution < 1.29 is 14.3 Å². The fraction of sp³-hybridized carbons (Fsp3) is 0.200. The van der Waals surface area contributed by atoms with E-state index in [4.69, 9.17) is 9.47 Å². The highest BCUT2D eigenvalue weighted by Gasteiger charge is 2.13.